The second-order valence-electron chi connectivity index (χ2n) is 8.55. The zero-order valence-corrected chi connectivity index (χ0v) is 18.9. The molecule has 0 aromatic heterocycles. The van der Waals surface area contributed by atoms with Crippen LogP contribution in [-0.4, -0.2) is 56.5 Å². The second kappa shape index (κ2) is 11.0. The van der Waals surface area contributed by atoms with E-state index in [-0.39, 0.29) is 0 Å². The zero-order chi connectivity index (χ0) is 22.2. The number of aryl methyl sites for hydroxylation is 1. The van der Waals surface area contributed by atoms with E-state index in [1.54, 1.807) is 0 Å². The molecule has 2 N–H and O–H groups in total. The van der Waals surface area contributed by atoms with Crippen LogP contribution in [0.4, 0.5) is 11.4 Å². The van der Waals surface area contributed by atoms with E-state index in [9.17, 15) is 9.59 Å². The van der Waals surface area contributed by atoms with Crippen molar-refractivity contribution in [1.82, 2.24) is 10.2 Å². The molecule has 0 spiro atoms. The number of rotatable bonds is 7. The van der Waals surface area contributed by atoms with Gasteiger partial charge in [0.1, 0.15) is 0 Å². The van der Waals surface area contributed by atoms with Crippen molar-refractivity contribution >= 4 is 23.2 Å². The van der Waals surface area contributed by atoms with Crippen LogP contribution in [0.5, 0.6) is 0 Å². The Morgan fingerprint density at radius 1 is 0.903 bits per heavy atom. The highest BCUT2D eigenvalue weighted by Gasteiger charge is 2.15. The van der Waals surface area contributed by atoms with Gasteiger partial charge in [0.15, 0.2) is 0 Å². The van der Waals surface area contributed by atoms with E-state index >= 15 is 0 Å². The van der Waals surface area contributed by atoms with Crippen LogP contribution in [0.3, 0.4) is 0 Å². The Kier molecular flexibility index (Phi) is 8.06. The fourth-order valence-electron chi connectivity index (χ4n) is 3.65. The highest BCUT2D eigenvalue weighted by Crippen LogP contribution is 2.18. The maximum absolute atomic E-state index is 12.1. The molecule has 6 heteroatoms. The second-order valence-corrected chi connectivity index (χ2v) is 8.55. The molecule has 0 atom stereocenters. The van der Waals surface area contributed by atoms with Crippen LogP contribution in [0.25, 0.3) is 0 Å². The first kappa shape index (κ1) is 22.8. The lowest BCUT2D eigenvalue weighted by Gasteiger charge is -2.34. The van der Waals surface area contributed by atoms with Crippen LogP contribution in [0, 0.1) is 0 Å². The third kappa shape index (κ3) is 6.82. The van der Waals surface area contributed by atoms with Crippen LogP contribution in [-0.2, 0) is 16.0 Å². The third-order valence-electron chi connectivity index (χ3n) is 5.77. The van der Waals surface area contributed by atoms with Gasteiger partial charge in [-0.1, -0.05) is 38.1 Å². The Morgan fingerprint density at radius 2 is 1.55 bits per heavy atom. The lowest BCUT2D eigenvalue weighted by atomic mass is 10.0. The molecule has 2 aromatic rings. The summed E-state index contributed by atoms with van der Waals surface area (Å²) in [5.41, 5.74) is 4.33. The van der Waals surface area contributed by atoms with E-state index in [0.29, 0.717) is 18.2 Å². The highest BCUT2D eigenvalue weighted by molar-refractivity contribution is 6.39. The van der Waals surface area contributed by atoms with E-state index in [4.69, 9.17) is 0 Å². The first-order chi connectivity index (χ1) is 14.9. The average Bonchev–Trinajstić information content (AvgIpc) is 2.78. The van der Waals surface area contributed by atoms with Crippen LogP contribution >= 0.6 is 0 Å². The topological polar surface area (TPSA) is 64.7 Å². The number of carbonyl (C=O) groups excluding carboxylic acids is 2. The van der Waals surface area contributed by atoms with Crippen molar-refractivity contribution < 1.29 is 9.59 Å². The first-order valence-corrected chi connectivity index (χ1v) is 11.1. The third-order valence-corrected chi connectivity index (χ3v) is 5.77. The predicted octanol–water partition coefficient (Wildman–Crippen LogP) is 3.25. The maximum atomic E-state index is 12.1. The van der Waals surface area contributed by atoms with Gasteiger partial charge in [-0.15, -0.1) is 0 Å². The van der Waals surface area contributed by atoms with Crippen LogP contribution < -0.4 is 15.5 Å². The standard InChI is InChI=1S/C25H34N4O2/c1-19(2)21-8-10-22(11-9-21)27-25(31)24(30)26-14-4-5-20-6-12-23(13-7-20)29-17-15-28(3)16-18-29/h6-13,19H,4-5,14-18H2,1-3H3,(H,26,30)(H,27,31). The molecule has 0 saturated carbocycles. The van der Waals surface area contributed by atoms with E-state index in [0.717, 1.165) is 39.0 Å². The summed E-state index contributed by atoms with van der Waals surface area (Å²) in [6.45, 7) is 9.01. The van der Waals surface area contributed by atoms with Gasteiger partial charge in [0.05, 0.1) is 0 Å². The minimum atomic E-state index is -0.631. The molecule has 1 heterocycles. The normalized spacial score (nSPS) is 14.5. The van der Waals surface area contributed by atoms with Crippen LogP contribution in [0.1, 0.15) is 37.3 Å². The van der Waals surface area contributed by atoms with Crippen LogP contribution in [0.15, 0.2) is 48.5 Å². The summed E-state index contributed by atoms with van der Waals surface area (Å²) in [4.78, 5) is 28.9. The van der Waals surface area contributed by atoms with Crippen molar-refractivity contribution in [3.63, 3.8) is 0 Å². The van der Waals surface area contributed by atoms with Gasteiger partial charge in [0.2, 0.25) is 0 Å². The van der Waals surface area contributed by atoms with E-state index in [1.165, 1.54) is 16.8 Å². The lowest BCUT2D eigenvalue weighted by Crippen LogP contribution is -2.44. The van der Waals surface area contributed by atoms with Gasteiger partial charge in [-0.25, -0.2) is 0 Å². The molecule has 3 rings (SSSR count). The number of carbonyl (C=O) groups is 2. The highest BCUT2D eigenvalue weighted by atomic mass is 16.2. The lowest BCUT2D eigenvalue weighted by molar-refractivity contribution is -0.136. The number of piperazine rings is 1. The molecule has 0 radical (unpaired) electrons. The average molecular weight is 423 g/mol. The quantitative estimate of drug-likeness (QED) is 0.531. The SMILES string of the molecule is CC(C)c1ccc(NC(=O)C(=O)NCCCc2ccc(N3CCN(C)CC3)cc2)cc1. The summed E-state index contributed by atoms with van der Waals surface area (Å²) >= 11 is 0. The van der Waals surface area contributed by atoms with E-state index in [2.05, 4.69) is 65.6 Å². The molecule has 1 fully saturated rings. The molecular formula is C25H34N4O2. The van der Waals surface area contributed by atoms with Gasteiger partial charge < -0.3 is 20.4 Å². The number of anilines is 2. The Labute approximate surface area is 185 Å². The fourth-order valence-corrected chi connectivity index (χ4v) is 3.65. The van der Waals surface area contributed by atoms with Gasteiger partial charge in [-0.2, -0.15) is 0 Å². The number of hydrogen-bond acceptors (Lipinski definition) is 4. The number of amides is 2. The molecule has 31 heavy (non-hydrogen) atoms. The number of nitrogens with zero attached hydrogens (tertiary/aromatic N) is 2. The van der Waals surface area contributed by atoms with Crippen molar-refractivity contribution in [2.45, 2.75) is 32.6 Å². The Balaban J connectivity index is 1.37. The molecule has 166 valence electrons. The van der Waals surface area contributed by atoms with Gasteiger partial charge in [0, 0.05) is 44.1 Å². The number of hydrogen-bond donors (Lipinski definition) is 2. The summed E-state index contributed by atoms with van der Waals surface area (Å²) in [5, 5.41) is 5.35. The Morgan fingerprint density at radius 3 is 2.16 bits per heavy atom. The van der Waals surface area contributed by atoms with Gasteiger partial charge in [-0.05, 0) is 61.2 Å². The van der Waals surface area contributed by atoms with Gasteiger partial charge >= 0.3 is 11.8 Å². The monoisotopic (exact) mass is 422 g/mol. The van der Waals surface area contributed by atoms with E-state index in [1.807, 2.05) is 24.3 Å². The Hall–Kier alpha value is -2.86. The van der Waals surface area contributed by atoms with Crippen LogP contribution in [0.2, 0.25) is 0 Å². The number of benzene rings is 2. The number of likely N-dealkylation sites (N-methyl/N-ethyl adjacent to an activating group) is 1. The summed E-state index contributed by atoms with van der Waals surface area (Å²) in [6, 6.07) is 16.2. The molecule has 0 unspecified atom stereocenters. The van der Waals surface area contributed by atoms with Crippen molar-refractivity contribution in [2.75, 3.05) is 50.0 Å². The molecule has 2 aromatic carbocycles. The molecule has 2 amide bonds. The van der Waals surface area contributed by atoms with Gasteiger partial charge in [-0.3, -0.25) is 9.59 Å². The molecular weight excluding hydrogens is 388 g/mol. The fraction of sp³-hybridized carbons (Fsp3) is 0.440. The Bertz CT molecular complexity index is 854. The summed E-state index contributed by atoms with van der Waals surface area (Å²) < 4.78 is 0. The molecule has 1 saturated heterocycles. The molecule has 6 nitrogen and oxygen atoms in total. The molecule has 0 bridgehead atoms. The first-order valence-electron chi connectivity index (χ1n) is 11.1. The van der Waals surface area contributed by atoms with Crippen molar-refractivity contribution in [1.29, 1.82) is 0 Å². The van der Waals surface area contributed by atoms with Gasteiger partial charge in [0.25, 0.3) is 0 Å². The molecule has 0 aliphatic carbocycles. The molecule has 1 aliphatic heterocycles. The smallest absolute Gasteiger partial charge is 0.313 e. The predicted molar refractivity (Wildman–Crippen MR) is 127 cm³/mol. The minimum absolute atomic E-state index is 0.427. The van der Waals surface area contributed by atoms with Crippen molar-refractivity contribution in [2.24, 2.45) is 0 Å². The zero-order valence-electron chi connectivity index (χ0n) is 18.9. The van der Waals surface area contributed by atoms with Crippen molar-refractivity contribution in [3.05, 3.63) is 59.7 Å². The summed E-state index contributed by atoms with van der Waals surface area (Å²) in [6.07, 6.45) is 1.65. The maximum Gasteiger partial charge on any atom is 0.313 e. The summed E-state index contributed by atoms with van der Waals surface area (Å²) in [7, 11) is 2.16. The van der Waals surface area contributed by atoms with Crippen molar-refractivity contribution in [3.8, 4) is 0 Å². The number of nitrogens with one attached hydrogen (secondary N) is 2. The largest absolute Gasteiger partial charge is 0.369 e. The molecule has 1 aliphatic rings. The van der Waals surface area contributed by atoms with E-state index < -0.39 is 11.8 Å². The summed E-state index contributed by atoms with van der Waals surface area (Å²) in [5.74, 6) is -0.803. The minimum Gasteiger partial charge on any atom is -0.369 e.